The van der Waals surface area contributed by atoms with Crippen LogP contribution in [0.1, 0.15) is 11.6 Å². The summed E-state index contributed by atoms with van der Waals surface area (Å²) in [6.07, 6.45) is 0. The maximum absolute atomic E-state index is 11.8. The van der Waals surface area contributed by atoms with Gasteiger partial charge in [0.1, 0.15) is 5.75 Å². The number of hydrogen-bond acceptors (Lipinski definition) is 3. The van der Waals surface area contributed by atoms with Crippen LogP contribution in [0.4, 0.5) is 10.5 Å². The standard InChI is InChI=1S/C15H14N2O4/c18-12-8-6-10(7-9-12)13(14(19)20)17-15(21)16-11-4-2-1-3-5-11/h1-9,13,18H,(H,19,20)(H2,16,17,21). The number of rotatable bonds is 4. The summed E-state index contributed by atoms with van der Waals surface area (Å²) in [5.74, 6) is -1.17. The predicted molar refractivity (Wildman–Crippen MR) is 77.1 cm³/mol. The van der Waals surface area contributed by atoms with Gasteiger partial charge in [-0.05, 0) is 29.8 Å². The highest BCUT2D eigenvalue weighted by Crippen LogP contribution is 2.17. The average molecular weight is 286 g/mol. The molecule has 0 aliphatic rings. The Morgan fingerprint density at radius 2 is 1.57 bits per heavy atom. The summed E-state index contributed by atoms with van der Waals surface area (Å²) in [6.45, 7) is 0. The lowest BCUT2D eigenvalue weighted by atomic mass is 10.1. The lowest BCUT2D eigenvalue weighted by Crippen LogP contribution is -2.36. The van der Waals surface area contributed by atoms with Gasteiger partial charge >= 0.3 is 12.0 Å². The smallest absolute Gasteiger partial charge is 0.330 e. The van der Waals surface area contributed by atoms with E-state index >= 15 is 0 Å². The lowest BCUT2D eigenvalue weighted by Gasteiger charge is -2.15. The summed E-state index contributed by atoms with van der Waals surface area (Å²) >= 11 is 0. The van der Waals surface area contributed by atoms with Crippen LogP contribution in [-0.2, 0) is 4.79 Å². The van der Waals surface area contributed by atoms with Gasteiger partial charge in [-0.25, -0.2) is 9.59 Å². The Morgan fingerprint density at radius 3 is 2.14 bits per heavy atom. The number of carbonyl (C=O) groups is 2. The molecule has 4 N–H and O–H groups in total. The lowest BCUT2D eigenvalue weighted by molar-refractivity contribution is -0.139. The molecular formula is C15H14N2O4. The minimum atomic E-state index is -1.20. The molecule has 108 valence electrons. The zero-order valence-electron chi connectivity index (χ0n) is 11.0. The van der Waals surface area contributed by atoms with Crippen LogP contribution in [0.15, 0.2) is 54.6 Å². The second kappa shape index (κ2) is 6.42. The first-order valence-electron chi connectivity index (χ1n) is 6.20. The number of hydrogen-bond donors (Lipinski definition) is 4. The fourth-order valence-corrected chi connectivity index (χ4v) is 1.77. The first-order valence-corrected chi connectivity index (χ1v) is 6.20. The van der Waals surface area contributed by atoms with E-state index < -0.39 is 18.0 Å². The SMILES string of the molecule is O=C(Nc1ccccc1)NC(C(=O)O)c1ccc(O)cc1. The highest BCUT2D eigenvalue weighted by atomic mass is 16.4. The van der Waals surface area contributed by atoms with Crippen LogP contribution >= 0.6 is 0 Å². The van der Waals surface area contributed by atoms with Crippen molar-refractivity contribution in [3.63, 3.8) is 0 Å². The number of carboxylic acids is 1. The summed E-state index contributed by atoms with van der Waals surface area (Å²) in [7, 11) is 0. The van der Waals surface area contributed by atoms with Crippen LogP contribution < -0.4 is 10.6 Å². The number of urea groups is 1. The Labute approximate surface area is 121 Å². The quantitative estimate of drug-likeness (QED) is 0.693. The largest absolute Gasteiger partial charge is 0.508 e. The Hall–Kier alpha value is -3.02. The summed E-state index contributed by atoms with van der Waals surface area (Å²) in [4.78, 5) is 23.1. The van der Waals surface area contributed by atoms with Crippen molar-refractivity contribution in [1.29, 1.82) is 0 Å². The van der Waals surface area contributed by atoms with Crippen molar-refractivity contribution >= 4 is 17.7 Å². The van der Waals surface area contributed by atoms with Gasteiger partial charge in [0.15, 0.2) is 6.04 Å². The van der Waals surface area contributed by atoms with Gasteiger partial charge in [0.2, 0.25) is 0 Å². The molecule has 2 aromatic rings. The molecule has 1 atom stereocenters. The zero-order valence-corrected chi connectivity index (χ0v) is 11.0. The molecule has 0 aromatic heterocycles. The van der Waals surface area contributed by atoms with Gasteiger partial charge in [-0.15, -0.1) is 0 Å². The maximum atomic E-state index is 11.8. The van der Waals surface area contributed by atoms with E-state index in [0.717, 1.165) is 0 Å². The Bertz CT molecular complexity index is 626. The Kier molecular flexibility index (Phi) is 4.40. The number of aliphatic carboxylic acids is 1. The Morgan fingerprint density at radius 1 is 0.952 bits per heavy atom. The third kappa shape index (κ3) is 3.97. The molecule has 0 saturated carbocycles. The number of phenolic OH excluding ortho intramolecular Hbond substituents is 1. The van der Waals surface area contributed by atoms with Crippen LogP contribution in [0.5, 0.6) is 5.75 Å². The van der Waals surface area contributed by atoms with E-state index in [1.807, 2.05) is 0 Å². The second-order valence-electron chi connectivity index (χ2n) is 4.33. The van der Waals surface area contributed by atoms with Crippen LogP contribution in [0.2, 0.25) is 0 Å². The fraction of sp³-hybridized carbons (Fsp3) is 0.0667. The number of phenols is 1. The van der Waals surface area contributed by atoms with Gasteiger partial charge in [0, 0.05) is 5.69 Å². The van der Waals surface area contributed by atoms with E-state index in [4.69, 9.17) is 0 Å². The summed E-state index contributed by atoms with van der Waals surface area (Å²) < 4.78 is 0. The third-order valence-corrected chi connectivity index (χ3v) is 2.78. The first-order chi connectivity index (χ1) is 10.1. The van der Waals surface area contributed by atoms with E-state index in [9.17, 15) is 19.8 Å². The van der Waals surface area contributed by atoms with E-state index in [1.165, 1.54) is 24.3 Å². The third-order valence-electron chi connectivity index (χ3n) is 2.78. The van der Waals surface area contributed by atoms with Crippen LogP contribution in [0.3, 0.4) is 0 Å². The molecule has 0 aliphatic carbocycles. The van der Waals surface area contributed by atoms with E-state index in [1.54, 1.807) is 30.3 Å². The molecule has 6 nitrogen and oxygen atoms in total. The van der Waals surface area contributed by atoms with Gasteiger partial charge in [0.25, 0.3) is 0 Å². The molecule has 1 unspecified atom stereocenters. The number of carbonyl (C=O) groups excluding carboxylic acids is 1. The molecule has 21 heavy (non-hydrogen) atoms. The molecule has 2 amide bonds. The van der Waals surface area contributed by atoms with Gasteiger partial charge < -0.3 is 20.8 Å². The van der Waals surface area contributed by atoms with Gasteiger partial charge in [-0.2, -0.15) is 0 Å². The van der Waals surface area contributed by atoms with Crippen molar-refractivity contribution in [2.75, 3.05) is 5.32 Å². The van der Waals surface area contributed by atoms with Gasteiger partial charge in [-0.1, -0.05) is 30.3 Å². The summed E-state index contributed by atoms with van der Waals surface area (Å²) in [5, 5.41) is 23.3. The average Bonchev–Trinajstić information content (AvgIpc) is 2.47. The zero-order chi connectivity index (χ0) is 15.2. The topological polar surface area (TPSA) is 98.7 Å². The van der Waals surface area contributed by atoms with E-state index in [-0.39, 0.29) is 5.75 Å². The Balaban J connectivity index is 2.08. The monoisotopic (exact) mass is 286 g/mol. The van der Waals surface area contributed by atoms with Crippen molar-refractivity contribution < 1.29 is 19.8 Å². The normalized spacial score (nSPS) is 11.4. The van der Waals surface area contributed by atoms with Crippen LogP contribution in [-0.4, -0.2) is 22.2 Å². The van der Waals surface area contributed by atoms with Crippen LogP contribution in [0, 0.1) is 0 Å². The van der Waals surface area contributed by atoms with E-state index in [0.29, 0.717) is 11.3 Å². The minimum Gasteiger partial charge on any atom is -0.508 e. The number of carboxylic acid groups (broad SMARTS) is 1. The predicted octanol–water partition coefficient (Wildman–Crippen LogP) is 2.34. The summed E-state index contributed by atoms with van der Waals surface area (Å²) in [5.41, 5.74) is 0.924. The fourth-order valence-electron chi connectivity index (χ4n) is 1.77. The molecule has 0 aliphatic heterocycles. The number of benzene rings is 2. The van der Waals surface area contributed by atoms with Gasteiger partial charge in [0.05, 0.1) is 0 Å². The molecule has 0 saturated heterocycles. The summed E-state index contributed by atoms with van der Waals surface area (Å²) in [6, 6.07) is 12.5. The van der Waals surface area contributed by atoms with Crippen molar-refractivity contribution in [3.05, 3.63) is 60.2 Å². The van der Waals surface area contributed by atoms with Crippen molar-refractivity contribution in [1.82, 2.24) is 5.32 Å². The van der Waals surface area contributed by atoms with Gasteiger partial charge in [-0.3, -0.25) is 0 Å². The number of aromatic hydroxyl groups is 1. The number of para-hydroxylation sites is 1. The second-order valence-corrected chi connectivity index (χ2v) is 4.33. The number of nitrogens with one attached hydrogen (secondary N) is 2. The van der Waals surface area contributed by atoms with Crippen molar-refractivity contribution in [2.24, 2.45) is 0 Å². The highest BCUT2D eigenvalue weighted by Gasteiger charge is 2.22. The first kappa shape index (κ1) is 14.4. The maximum Gasteiger partial charge on any atom is 0.330 e. The molecule has 0 radical (unpaired) electrons. The highest BCUT2D eigenvalue weighted by molar-refractivity contribution is 5.92. The molecule has 0 bridgehead atoms. The molecule has 6 heteroatoms. The molecular weight excluding hydrogens is 272 g/mol. The van der Waals surface area contributed by atoms with Crippen molar-refractivity contribution in [3.8, 4) is 5.75 Å². The molecule has 0 spiro atoms. The van der Waals surface area contributed by atoms with Crippen molar-refractivity contribution in [2.45, 2.75) is 6.04 Å². The molecule has 0 fully saturated rings. The number of amides is 2. The molecule has 2 aromatic carbocycles. The van der Waals surface area contributed by atoms with Crippen LogP contribution in [0.25, 0.3) is 0 Å². The molecule has 0 heterocycles. The number of anilines is 1. The minimum absolute atomic E-state index is 0.0247. The molecule has 2 rings (SSSR count). The van der Waals surface area contributed by atoms with E-state index in [2.05, 4.69) is 10.6 Å².